The summed E-state index contributed by atoms with van der Waals surface area (Å²) in [6.45, 7) is 5.54. The molecule has 1 aromatic rings. The highest BCUT2D eigenvalue weighted by atomic mass is 32.2. The predicted molar refractivity (Wildman–Crippen MR) is 78.2 cm³/mol. The highest BCUT2D eigenvalue weighted by Gasteiger charge is 2.19. The Bertz CT molecular complexity index is 566. The van der Waals surface area contributed by atoms with E-state index in [1.54, 1.807) is 6.92 Å². The summed E-state index contributed by atoms with van der Waals surface area (Å²) in [6, 6.07) is -0.315. The zero-order chi connectivity index (χ0) is 15.3. The molecule has 0 aliphatic carbocycles. The van der Waals surface area contributed by atoms with Crippen LogP contribution in [-0.4, -0.2) is 32.2 Å². The minimum absolute atomic E-state index is 0.0940. The molecule has 1 atom stereocenters. The van der Waals surface area contributed by atoms with Crippen molar-refractivity contribution in [1.29, 1.82) is 0 Å². The van der Waals surface area contributed by atoms with Crippen molar-refractivity contribution < 1.29 is 17.9 Å². The third-order valence-corrected chi connectivity index (χ3v) is 5.51. The van der Waals surface area contributed by atoms with Gasteiger partial charge >= 0.3 is 5.97 Å². The smallest absolute Gasteiger partial charge is 0.305 e. The van der Waals surface area contributed by atoms with Gasteiger partial charge in [0.2, 0.25) is 10.0 Å². The molecule has 1 heterocycles. The molecule has 0 bridgehead atoms. The highest BCUT2D eigenvalue weighted by molar-refractivity contribution is 7.89. The average molecular weight is 320 g/mol. The van der Waals surface area contributed by atoms with E-state index in [0.29, 0.717) is 0 Å². The minimum Gasteiger partial charge on any atom is -0.469 e. The third kappa shape index (κ3) is 5.18. The van der Waals surface area contributed by atoms with Crippen LogP contribution in [0.4, 0.5) is 0 Å². The molecule has 1 rings (SSSR count). The Morgan fingerprint density at radius 3 is 2.60 bits per heavy atom. The number of carbonyl (C=O) groups is 1. The van der Waals surface area contributed by atoms with Gasteiger partial charge in [-0.3, -0.25) is 4.79 Å². The van der Waals surface area contributed by atoms with Crippen LogP contribution < -0.4 is 4.72 Å². The van der Waals surface area contributed by atoms with E-state index in [0.717, 1.165) is 15.6 Å². The van der Waals surface area contributed by atoms with Gasteiger partial charge in [0.25, 0.3) is 0 Å². The lowest BCUT2D eigenvalue weighted by atomic mass is 10.2. The van der Waals surface area contributed by atoms with Gasteiger partial charge in [-0.2, -0.15) is 0 Å². The van der Waals surface area contributed by atoms with E-state index in [1.807, 2.05) is 13.8 Å². The van der Waals surface area contributed by atoms with Gasteiger partial charge in [0.15, 0.2) is 0 Å². The van der Waals surface area contributed by atoms with Gasteiger partial charge in [-0.15, -0.1) is 11.3 Å². The summed E-state index contributed by atoms with van der Waals surface area (Å²) < 4.78 is 30.9. The number of esters is 1. The van der Waals surface area contributed by atoms with Gasteiger partial charge in [0, 0.05) is 11.3 Å². The number of carbonyl (C=O) groups excluding carboxylic acids is 1. The molecule has 8 heteroatoms. The summed E-state index contributed by atoms with van der Waals surface area (Å²) in [4.78, 5) is 16.1. The Kier molecular flexibility index (Phi) is 6.09. The Hall–Kier alpha value is -0.990. The van der Waals surface area contributed by atoms with Crippen molar-refractivity contribution in [3.63, 3.8) is 0 Å². The van der Waals surface area contributed by atoms with Crippen molar-refractivity contribution in [2.45, 2.75) is 39.7 Å². The topological polar surface area (TPSA) is 85.4 Å². The number of aryl methyl sites for hydroxylation is 2. The fourth-order valence-electron chi connectivity index (χ4n) is 1.84. The molecule has 114 valence electrons. The molecule has 0 saturated carbocycles. The van der Waals surface area contributed by atoms with Gasteiger partial charge in [-0.1, -0.05) is 0 Å². The van der Waals surface area contributed by atoms with E-state index in [4.69, 9.17) is 0 Å². The second kappa shape index (κ2) is 7.14. The zero-order valence-corrected chi connectivity index (χ0v) is 13.7. The average Bonchev–Trinajstić information content (AvgIpc) is 2.67. The molecular formula is C12H20N2O4S2. The van der Waals surface area contributed by atoms with Crippen LogP contribution in [0.2, 0.25) is 0 Å². The Labute approximate surface area is 123 Å². The van der Waals surface area contributed by atoms with Gasteiger partial charge < -0.3 is 4.74 Å². The van der Waals surface area contributed by atoms with Crippen LogP contribution in [0.3, 0.4) is 0 Å². The maximum Gasteiger partial charge on any atom is 0.305 e. The lowest BCUT2D eigenvalue weighted by molar-refractivity contribution is -0.140. The number of thiazole rings is 1. The summed E-state index contributed by atoms with van der Waals surface area (Å²) in [5, 5.41) is 0.911. The Morgan fingerprint density at radius 2 is 2.10 bits per heavy atom. The molecule has 0 radical (unpaired) electrons. The van der Waals surface area contributed by atoms with Gasteiger partial charge in [0.1, 0.15) is 0 Å². The van der Waals surface area contributed by atoms with Crippen molar-refractivity contribution in [1.82, 2.24) is 9.71 Å². The largest absolute Gasteiger partial charge is 0.469 e. The molecule has 0 aliphatic heterocycles. The quantitative estimate of drug-likeness (QED) is 0.773. The second-order valence-electron chi connectivity index (χ2n) is 4.52. The van der Waals surface area contributed by atoms with Crippen molar-refractivity contribution in [3.8, 4) is 0 Å². The molecule has 0 aromatic carbocycles. The molecule has 0 fully saturated rings. The number of hydrogen-bond acceptors (Lipinski definition) is 6. The molecular weight excluding hydrogens is 300 g/mol. The first kappa shape index (κ1) is 17.1. The molecule has 1 aromatic heterocycles. The van der Waals surface area contributed by atoms with Crippen LogP contribution >= 0.6 is 11.3 Å². The normalized spacial score (nSPS) is 13.2. The number of rotatable bonds is 7. The lowest BCUT2D eigenvalue weighted by Gasteiger charge is -2.13. The Balaban J connectivity index is 2.57. The SMILES string of the molecule is COC(=O)CCCS(=O)(=O)NC(C)c1sc(C)nc1C. The van der Waals surface area contributed by atoms with Crippen molar-refractivity contribution in [2.24, 2.45) is 0 Å². The maximum absolute atomic E-state index is 11.9. The monoisotopic (exact) mass is 320 g/mol. The summed E-state index contributed by atoms with van der Waals surface area (Å²) in [7, 11) is -2.14. The number of sulfonamides is 1. The van der Waals surface area contributed by atoms with E-state index in [-0.39, 0.29) is 24.6 Å². The second-order valence-corrected chi connectivity index (χ2v) is 7.63. The summed E-state index contributed by atoms with van der Waals surface area (Å²) in [6.07, 6.45) is 0.347. The van der Waals surface area contributed by atoms with Gasteiger partial charge in [-0.05, 0) is 27.2 Å². The summed E-state index contributed by atoms with van der Waals surface area (Å²) in [5.74, 6) is -0.495. The highest BCUT2D eigenvalue weighted by Crippen LogP contribution is 2.24. The van der Waals surface area contributed by atoms with E-state index < -0.39 is 16.0 Å². The van der Waals surface area contributed by atoms with Crippen molar-refractivity contribution >= 4 is 27.3 Å². The fraction of sp³-hybridized carbons (Fsp3) is 0.667. The Morgan fingerprint density at radius 1 is 1.45 bits per heavy atom. The molecule has 0 saturated heterocycles. The number of nitrogens with one attached hydrogen (secondary N) is 1. The molecule has 0 amide bonds. The van der Waals surface area contributed by atoms with Crippen LogP contribution in [0.1, 0.15) is 41.4 Å². The molecule has 20 heavy (non-hydrogen) atoms. The third-order valence-electron chi connectivity index (χ3n) is 2.71. The number of ether oxygens (including phenoxy) is 1. The first-order chi connectivity index (χ1) is 9.25. The first-order valence-corrected chi connectivity index (χ1v) is 8.73. The van der Waals surface area contributed by atoms with E-state index in [9.17, 15) is 13.2 Å². The maximum atomic E-state index is 11.9. The predicted octanol–water partition coefficient (Wildman–Crippen LogP) is 1.69. The summed E-state index contributed by atoms with van der Waals surface area (Å²) >= 11 is 1.48. The zero-order valence-electron chi connectivity index (χ0n) is 12.1. The summed E-state index contributed by atoms with van der Waals surface area (Å²) in [5.41, 5.74) is 0.845. The van der Waals surface area contributed by atoms with E-state index in [1.165, 1.54) is 18.4 Å². The number of methoxy groups -OCH3 is 1. The van der Waals surface area contributed by atoms with Crippen LogP contribution in [0.15, 0.2) is 0 Å². The standard InChI is InChI=1S/C12H20N2O4S2/c1-8-12(19-10(3)13-8)9(2)14-20(16,17)7-5-6-11(15)18-4/h9,14H,5-7H2,1-4H3. The molecule has 0 spiro atoms. The van der Waals surface area contributed by atoms with Gasteiger partial charge in [-0.25, -0.2) is 18.1 Å². The molecule has 6 nitrogen and oxygen atoms in total. The van der Waals surface area contributed by atoms with Crippen LogP contribution in [0.5, 0.6) is 0 Å². The van der Waals surface area contributed by atoms with Crippen LogP contribution in [0, 0.1) is 13.8 Å². The van der Waals surface area contributed by atoms with E-state index >= 15 is 0 Å². The van der Waals surface area contributed by atoms with Crippen LogP contribution in [0.25, 0.3) is 0 Å². The first-order valence-electron chi connectivity index (χ1n) is 6.26. The van der Waals surface area contributed by atoms with E-state index in [2.05, 4.69) is 14.4 Å². The molecule has 0 aliphatic rings. The number of hydrogen-bond donors (Lipinski definition) is 1. The fourth-order valence-corrected chi connectivity index (χ4v) is 4.14. The van der Waals surface area contributed by atoms with Crippen molar-refractivity contribution in [3.05, 3.63) is 15.6 Å². The van der Waals surface area contributed by atoms with Gasteiger partial charge in [0.05, 0.1) is 29.6 Å². The number of nitrogens with zero attached hydrogens (tertiary/aromatic N) is 1. The lowest BCUT2D eigenvalue weighted by Crippen LogP contribution is -2.29. The van der Waals surface area contributed by atoms with Crippen LogP contribution in [-0.2, 0) is 19.6 Å². The number of aromatic nitrogens is 1. The van der Waals surface area contributed by atoms with Crippen molar-refractivity contribution in [2.75, 3.05) is 12.9 Å². The molecule has 1 N–H and O–H groups in total. The molecule has 1 unspecified atom stereocenters. The minimum atomic E-state index is -3.42.